The summed E-state index contributed by atoms with van der Waals surface area (Å²) in [4.78, 5) is 22.4. The first-order valence-corrected chi connectivity index (χ1v) is 6.39. The Kier molecular flexibility index (Phi) is 5.76. The number of nitrogens with zero attached hydrogens (tertiary/aromatic N) is 1. The molecular weight excluding hydrogens is 294 g/mol. The number of hydrogen-bond donors (Lipinski definition) is 3. The zero-order chi connectivity index (χ0) is 16.0. The molecule has 1 aromatic carbocycles. The number of aliphatic carboxylic acids is 1. The van der Waals surface area contributed by atoms with E-state index in [1.807, 2.05) is 6.92 Å². The Labute approximate surface area is 127 Å². The summed E-state index contributed by atoms with van der Waals surface area (Å²) >= 11 is 5.86. The third-order valence-electron chi connectivity index (χ3n) is 2.65. The second kappa shape index (κ2) is 7.31. The lowest BCUT2D eigenvalue weighted by atomic mass is 10.2. The van der Waals surface area contributed by atoms with E-state index in [1.54, 1.807) is 24.3 Å². The number of nitrogens with one attached hydrogen (secondary N) is 2. The summed E-state index contributed by atoms with van der Waals surface area (Å²) < 4.78 is 0. The fourth-order valence-electron chi connectivity index (χ4n) is 1.38. The highest BCUT2D eigenvalue weighted by Crippen LogP contribution is 2.20. The number of halogens is 1. The molecule has 0 saturated carbocycles. The van der Waals surface area contributed by atoms with E-state index < -0.39 is 17.9 Å². The molecule has 0 saturated heterocycles. The molecule has 6 nitrogen and oxygen atoms in total. The maximum atomic E-state index is 11.7. The second-order valence-electron chi connectivity index (χ2n) is 4.31. The fourth-order valence-corrected chi connectivity index (χ4v) is 1.56. The topological polar surface area (TPSA) is 102 Å². The summed E-state index contributed by atoms with van der Waals surface area (Å²) in [7, 11) is 0. The van der Waals surface area contributed by atoms with Crippen molar-refractivity contribution in [2.75, 3.05) is 5.32 Å². The standard InChI is InChI=1S/C14H14ClN3O3/c1-8-3-4-11(15)5-12(8)17-7-10(6-16)13(19)18-9(2)14(20)21/h3-5,7,9,17H,1-2H3,(H,18,19)(H,20,21)/b10-7-. The number of benzene rings is 1. The van der Waals surface area contributed by atoms with Crippen molar-refractivity contribution in [3.63, 3.8) is 0 Å². The second-order valence-corrected chi connectivity index (χ2v) is 4.74. The van der Waals surface area contributed by atoms with Gasteiger partial charge in [0.05, 0.1) is 0 Å². The summed E-state index contributed by atoms with van der Waals surface area (Å²) in [5.74, 6) is -1.95. The fraction of sp³-hybridized carbons (Fsp3) is 0.214. The maximum absolute atomic E-state index is 11.7. The Bertz CT molecular complexity index is 635. The van der Waals surface area contributed by atoms with Gasteiger partial charge in [-0.1, -0.05) is 17.7 Å². The molecule has 110 valence electrons. The number of aryl methyl sites for hydroxylation is 1. The van der Waals surface area contributed by atoms with E-state index in [1.165, 1.54) is 13.1 Å². The normalized spacial score (nSPS) is 12.2. The van der Waals surface area contributed by atoms with Gasteiger partial charge in [0.25, 0.3) is 5.91 Å². The minimum absolute atomic E-state index is 0.234. The number of carboxylic acid groups (broad SMARTS) is 1. The van der Waals surface area contributed by atoms with Gasteiger partial charge in [-0.25, -0.2) is 0 Å². The van der Waals surface area contributed by atoms with E-state index in [0.717, 1.165) is 5.56 Å². The van der Waals surface area contributed by atoms with E-state index in [0.29, 0.717) is 10.7 Å². The molecule has 3 N–H and O–H groups in total. The Morgan fingerprint density at radius 2 is 2.14 bits per heavy atom. The van der Waals surface area contributed by atoms with Gasteiger partial charge in [-0.05, 0) is 31.5 Å². The minimum Gasteiger partial charge on any atom is -0.480 e. The van der Waals surface area contributed by atoms with Crippen LogP contribution in [-0.2, 0) is 9.59 Å². The van der Waals surface area contributed by atoms with Gasteiger partial charge in [-0.2, -0.15) is 5.26 Å². The molecule has 0 aliphatic carbocycles. The lowest BCUT2D eigenvalue weighted by Gasteiger charge is -2.09. The van der Waals surface area contributed by atoms with Crippen LogP contribution in [0.3, 0.4) is 0 Å². The molecule has 0 aliphatic rings. The van der Waals surface area contributed by atoms with Gasteiger partial charge in [0.1, 0.15) is 17.7 Å². The highest BCUT2D eigenvalue weighted by Gasteiger charge is 2.17. The van der Waals surface area contributed by atoms with Gasteiger partial charge >= 0.3 is 5.97 Å². The Balaban J connectivity index is 2.85. The van der Waals surface area contributed by atoms with Crippen LogP contribution in [0.2, 0.25) is 5.02 Å². The maximum Gasteiger partial charge on any atom is 0.325 e. The quantitative estimate of drug-likeness (QED) is 0.571. The van der Waals surface area contributed by atoms with Crippen LogP contribution in [0.1, 0.15) is 12.5 Å². The summed E-state index contributed by atoms with van der Waals surface area (Å²) in [6.45, 7) is 3.15. The average Bonchev–Trinajstić information content (AvgIpc) is 2.42. The third kappa shape index (κ3) is 4.82. The summed E-state index contributed by atoms with van der Waals surface area (Å²) in [5.41, 5.74) is 1.30. The van der Waals surface area contributed by atoms with Crippen molar-refractivity contribution >= 4 is 29.2 Å². The molecule has 0 heterocycles. The zero-order valence-corrected chi connectivity index (χ0v) is 12.2. The van der Waals surface area contributed by atoms with Gasteiger partial charge in [-0.15, -0.1) is 0 Å². The van der Waals surface area contributed by atoms with Crippen LogP contribution in [0.25, 0.3) is 0 Å². The SMILES string of the molecule is Cc1ccc(Cl)cc1N/C=C(/C#N)C(=O)NC(C)C(=O)O. The monoisotopic (exact) mass is 307 g/mol. The third-order valence-corrected chi connectivity index (χ3v) is 2.89. The molecule has 0 radical (unpaired) electrons. The Hall–Kier alpha value is -2.52. The zero-order valence-electron chi connectivity index (χ0n) is 11.5. The molecule has 0 aromatic heterocycles. The van der Waals surface area contributed by atoms with Gasteiger partial charge in [0.2, 0.25) is 0 Å². The predicted octanol–water partition coefficient (Wildman–Crippen LogP) is 2.06. The number of hydrogen-bond acceptors (Lipinski definition) is 4. The van der Waals surface area contributed by atoms with Crippen molar-refractivity contribution in [3.8, 4) is 6.07 Å². The van der Waals surface area contributed by atoms with Crippen LogP contribution in [0.15, 0.2) is 30.0 Å². The van der Waals surface area contributed by atoms with Crippen LogP contribution in [0, 0.1) is 18.3 Å². The van der Waals surface area contributed by atoms with E-state index in [-0.39, 0.29) is 5.57 Å². The molecule has 1 atom stereocenters. The number of anilines is 1. The first-order chi connectivity index (χ1) is 9.85. The molecule has 0 bridgehead atoms. The van der Waals surface area contributed by atoms with Crippen LogP contribution < -0.4 is 10.6 Å². The van der Waals surface area contributed by atoms with Crippen molar-refractivity contribution < 1.29 is 14.7 Å². The number of amides is 1. The molecule has 1 unspecified atom stereocenters. The lowest BCUT2D eigenvalue weighted by molar-refractivity contribution is -0.140. The van der Waals surface area contributed by atoms with Crippen LogP contribution in [0.4, 0.5) is 5.69 Å². The molecule has 0 aliphatic heterocycles. The molecule has 21 heavy (non-hydrogen) atoms. The summed E-state index contributed by atoms with van der Waals surface area (Å²) in [6.07, 6.45) is 1.21. The number of nitriles is 1. The molecular formula is C14H14ClN3O3. The molecule has 1 amide bonds. The van der Waals surface area contributed by atoms with Crippen molar-refractivity contribution in [2.24, 2.45) is 0 Å². The van der Waals surface area contributed by atoms with Crippen molar-refractivity contribution in [2.45, 2.75) is 19.9 Å². The summed E-state index contributed by atoms with van der Waals surface area (Å²) in [6, 6.07) is 5.79. The van der Waals surface area contributed by atoms with E-state index in [9.17, 15) is 9.59 Å². The van der Waals surface area contributed by atoms with Crippen molar-refractivity contribution in [1.82, 2.24) is 5.32 Å². The molecule has 0 fully saturated rings. The van der Waals surface area contributed by atoms with Gasteiger partial charge < -0.3 is 15.7 Å². The molecule has 1 rings (SSSR count). The van der Waals surface area contributed by atoms with E-state index in [4.69, 9.17) is 22.0 Å². The van der Waals surface area contributed by atoms with Crippen molar-refractivity contribution in [3.05, 3.63) is 40.6 Å². The summed E-state index contributed by atoms with van der Waals surface area (Å²) in [5, 5.41) is 23.2. The van der Waals surface area contributed by atoms with Crippen LogP contribution >= 0.6 is 11.6 Å². The van der Waals surface area contributed by atoms with Crippen LogP contribution in [0.5, 0.6) is 0 Å². The molecule has 7 heteroatoms. The van der Waals surface area contributed by atoms with Gasteiger partial charge in [-0.3, -0.25) is 9.59 Å². The lowest BCUT2D eigenvalue weighted by Crippen LogP contribution is -2.39. The largest absolute Gasteiger partial charge is 0.480 e. The number of carbonyl (C=O) groups excluding carboxylic acids is 1. The number of carboxylic acids is 1. The van der Waals surface area contributed by atoms with Crippen LogP contribution in [-0.4, -0.2) is 23.0 Å². The smallest absolute Gasteiger partial charge is 0.325 e. The van der Waals surface area contributed by atoms with Gasteiger partial charge in [0, 0.05) is 16.9 Å². The van der Waals surface area contributed by atoms with Crippen molar-refractivity contribution in [1.29, 1.82) is 5.26 Å². The predicted molar refractivity (Wildman–Crippen MR) is 78.7 cm³/mol. The average molecular weight is 308 g/mol. The Morgan fingerprint density at radius 1 is 1.48 bits per heavy atom. The first kappa shape index (κ1) is 16.5. The molecule has 1 aromatic rings. The highest BCUT2D eigenvalue weighted by molar-refractivity contribution is 6.30. The highest BCUT2D eigenvalue weighted by atomic mass is 35.5. The Morgan fingerprint density at radius 3 is 2.71 bits per heavy atom. The van der Waals surface area contributed by atoms with E-state index >= 15 is 0 Å². The minimum atomic E-state index is -1.18. The van der Waals surface area contributed by atoms with E-state index in [2.05, 4.69) is 10.6 Å². The van der Waals surface area contributed by atoms with Gasteiger partial charge in [0.15, 0.2) is 0 Å². The molecule has 0 spiro atoms. The number of carbonyl (C=O) groups is 2. The number of rotatable bonds is 5. The first-order valence-electron chi connectivity index (χ1n) is 6.01.